The van der Waals surface area contributed by atoms with Crippen LogP contribution >= 0.6 is 0 Å². The van der Waals surface area contributed by atoms with E-state index in [1.54, 1.807) is 19.1 Å². The number of ether oxygens (including phenoxy) is 1. The van der Waals surface area contributed by atoms with Crippen molar-refractivity contribution >= 4 is 11.4 Å². The van der Waals surface area contributed by atoms with Crippen LogP contribution in [0.5, 0.6) is 5.75 Å². The molecule has 2 rings (SSSR count). The lowest BCUT2D eigenvalue weighted by atomic mass is 10.2. The van der Waals surface area contributed by atoms with E-state index in [4.69, 9.17) is 4.74 Å². The molecule has 0 aliphatic rings. The SMILES string of the molecule is CCOc1cc(NCc2ncn[nH]2)ccc1[N+](=O)[O-]. The number of aromatic amines is 1. The third-order valence-electron chi connectivity index (χ3n) is 2.38. The number of hydrogen-bond acceptors (Lipinski definition) is 6. The molecule has 0 fully saturated rings. The quantitative estimate of drug-likeness (QED) is 0.607. The van der Waals surface area contributed by atoms with Crippen LogP contribution in [-0.2, 0) is 6.54 Å². The van der Waals surface area contributed by atoms with Crippen LogP contribution in [-0.4, -0.2) is 26.7 Å². The normalized spacial score (nSPS) is 10.2. The lowest BCUT2D eigenvalue weighted by Gasteiger charge is -2.08. The molecule has 0 unspecified atom stereocenters. The number of nitrogens with one attached hydrogen (secondary N) is 2. The maximum atomic E-state index is 10.8. The molecule has 100 valence electrons. The second-order valence-electron chi connectivity index (χ2n) is 3.66. The van der Waals surface area contributed by atoms with Gasteiger partial charge in [0, 0.05) is 17.8 Å². The Bertz CT molecular complexity index is 555. The van der Waals surface area contributed by atoms with Crippen LogP contribution in [0.2, 0.25) is 0 Å². The van der Waals surface area contributed by atoms with E-state index in [0.29, 0.717) is 24.7 Å². The first-order chi connectivity index (χ1) is 9.20. The van der Waals surface area contributed by atoms with Crippen molar-refractivity contribution in [1.29, 1.82) is 0 Å². The zero-order valence-corrected chi connectivity index (χ0v) is 10.3. The molecule has 0 bridgehead atoms. The second kappa shape index (κ2) is 5.80. The van der Waals surface area contributed by atoms with Crippen LogP contribution in [0.15, 0.2) is 24.5 Å². The second-order valence-corrected chi connectivity index (χ2v) is 3.66. The highest BCUT2D eigenvalue weighted by molar-refractivity contribution is 5.57. The Morgan fingerprint density at radius 1 is 1.53 bits per heavy atom. The van der Waals surface area contributed by atoms with Gasteiger partial charge in [-0.25, -0.2) is 4.98 Å². The zero-order valence-electron chi connectivity index (χ0n) is 10.3. The molecule has 8 heteroatoms. The molecule has 0 spiro atoms. The van der Waals surface area contributed by atoms with Crippen molar-refractivity contribution in [3.8, 4) is 5.75 Å². The third kappa shape index (κ3) is 3.18. The lowest BCUT2D eigenvalue weighted by Crippen LogP contribution is -2.03. The summed E-state index contributed by atoms with van der Waals surface area (Å²) in [5.41, 5.74) is 0.664. The third-order valence-corrected chi connectivity index (χ3v) is 2.38. The van der Waals surface area contributed by atoms with Gasteiger partial charge in [0.25, 0.3) is 0 Å². The number of hydrogen-bond donors (Lipinski definition) is 2. The fraction of sp³-hybridized carbons (Fsp3) is 0.273. The summed E-state index contributed by atoms with van der Waals surface area (Å²) in [6.07, 6.45) is 1.42. The minimum absolute atomic E-state index is 0.0490. The zero-order chi connectivity index (χ0) is 13.7. The molecule has 2 aromatic rings. The van der Waals surface area contributed by atoms with Crippen molar-refractivity contribution in [2.45, 2.75) is 13.5 Å². The first-order valence-corrected chi connectivity index (χ1v) is 5.70. The minimum atomic E-state index is -0.467. The molecule has 1 aromatic carbocycles. The van der Waals surface area contributed by atoms with Crippen molar-refractivity contribution in [2.75, 3.05) is 11.9 Å². The molecule has 0 amide bonds. The summed E-state index contributed by atoms with van der Waals surface area (Å²) < 4.78 is 5.26. The molecule has 0 aliphatic carbocycles. The average Bonchev–Trinajstić information content (AvgIpc) is 2.90. The smallest absolute Gasteiger partial charge is 0.311 e. The number of nitro benzene ring substituents is 1. The van der Waals surface area contributed by atoms with Gasteiger partial charge in [0.15, 0.2) is 5.75 Å². The van der Waals surface area contributed by atoms with Crippen LogP contribution in [0.1, 0.15) is 12.7 Å². The van der Waals surface area contributed by atoms with E-state index in [1.165, 1.54) is 12.4 Å². The first-order valence-electron chi connectivity index (χ1n) is 5.70. The summed E-state index contributed by atoms with van der Waals surface area (Å²) in [6, 6.07) is 4.63. The predicted molar refractivity (Wildman–Crippen MR) is 68.0 cm³/mol. The Hall–Kier alpha value is -2.64. The van der Waals surface area contributed by atoms with E-state index in [2.05, 4.69) is 20.5 Å². The van der Waals surface area contributed by atoms with Gasteiger partial charge in [0.05, 0.1) is 18.1 Å². The van der Waals surface area contributed by atoms with Crippen LogP contribution < -0.4 is 10.1 Å². The highest BCUT2D eigenvalue weighted by atomic mass is 16.6. The van der Waals surface area contributed by atoms with Gasteiger partial charge in [-0.3, -0.25) is 15.2 Å². The summed E-state index contributed by atoms with van der Waals surface area (Å²) in [5, 5.41) is 20.4. The maximum Gasteiger partial charge on any atom is 0.311 e. The number of nitro groups is 1. The predicted octanol–water partition coefficient (Wildman–Crippen LogP) is 1.72. The molecule has 0 radical (unpaired) electrons. The molecule has 19 heavy (non-hydrogen) atoms. The van der Waals surface area contributed by atoms with Crippen molar-refractivity contribution < 1.29 is 9.66 Å². The van der Waals surface area contributed by atoms with Crippen molar-refractivity contribution in [1.82, 2.24) is 15.2 Å². The van der Waals surface area contributed by atoms with E-state index in [0.717, 1.165) is 0 Å². The van der Waals surface area contributed by atoms with Gasteiger partial charge in [0.1, 0.15) is 12.2 Å². The van der Waals surface area contributed by atoms with E-state index in [9.17, 15) is 10.1 Å². The molecule has 0 saturated heterocycles. The summed E-state index contributed by atoms with van der Waals surface area (Å²) in [4.78, 5) is 14.3. The Morgan fingerprint density at radius 3 is 3.00 bits per heavy atom. The molecule has 1 aromatic heterocycles. The molecule has 2 N–H and O–H groups in total. The molecule has 8 nitrogen and oxygen atoms in total. The topological polar surface area (TPSA) is 106 Å². The molecule has 0 saturated carbocycles. The van der Waals surface area contributed by atoms with Gasteiger partial charge in [-0.05, 0) is 13.0 Å². The van der Waals surface area contributed by atoms with Gasteiger partial charge < -0.3 is 10.1 Å². The van der Waals surface area contributed by atoms with Crippen molar-refractivity contribution in [3.63, 3.8) is 0 Å². The molecule has 1 heterocycles. The van der Waals surface area contributed by atoms with Gasteiger partial charge in [-0.1, -0.05) is 0 Å². The highest BCUT2D eigenvalue weighted by Gasteiger charge is 2.15. The molecule has 0 aliphatic heterocycles. The van der Waals surface area contributed by atoms with Gasteiger partial charge in [0.2, 0.25) is 0 Å². The van der Waals surface area contributed by atoms with Crippen LogP contribution in [0.3, 0.4) is 0 Å². The summed E-state index contributed by atoms with van der Waals surface area (Å²) >= 11 is 0. The minimum Gasteiger partial charge on any atom is -0.487 e. The maximum absolute atomic E-state index is 10.8. The molecular formula is C11H13N5O3. The van der Waals surface area contributed by atoms with Gasteiger partial charge >= 0.3 is 5.69 Å². The number of rotatable bonds is 6. The van der Waals surface area contributed by atoms with Gasteiger partial charge in [-0.15, -0.1) is 0 Å². The number of benzene rings is 1. The Morgan fingerprint density at radius 2 is 2.37 bits per heavy atom. The van der Waals surface area contributed by atoms with E-state index in [-0.39, 0.29) is 11.4 Å². The number of aromatic nitrogens is 3. The summed E-state index contributed by atoms with van der Waals surface area (Å²) in [7, 11) is 0. The van der Waals surface area contributed by atoms with E-state index >= 15 is 0 Å². The highest BCUT2D eigenvalue weighted by Crippen LogP contribution is 2.30. The number of H-pyrrole nitrogens is 1. The Kier molecular flexibility index (Phi) is 3.91. The van der Waals surface area contributed by atoms with Gasteiger partial charge in [-0.2, -0.15) is 5.10 Å². The molecule has 0 atom stereocenters. The van der Waals surface area contributed by atoms with E-state index < -0.39 is 4.92 Å². The largest absolute Gasteiger partial charge is 0.487 e. The fourth-order valence-corrected chi connectivity index (χ4v) is 1.55. The Balaban J connectivity index is 2.13. The first kappa shape index (κ1) is 12.8. The van der Waals surface area contributed by atoms with E-state index in [1.807, 2.05) is 0 Å². The monoisotopic (exact) mass is 263 g/mol. The van der Waals surface area contributed by atoms with Crippen LogP contribution in [0.25, 0.3) is 0 Å². The summed E-state index contributed by atoms with van der Waals surface area (Å²) in [5.74, 6) is 0.923. The van der Waals surface area contributed by atoms with Crippen LogP contribution in [0.4, 0.5) is 11.4 Å². The molecular weight excluding hydrogens is 250 g/mol. The van der Waals surface area contributed by atoms with Crippen molar-refractivity contribution in [2.24, 2.45) is 0 Å². The Labute approximate surface area is 109 Å². The number of anilines is 1. The number of nitrogens with zero attached hydrogens (tertiary/aromatic N) is 3. The average molecular weight is 263 g/mol. The fourth-order valence-electron chi connectivity index (χ4n) is 1.55. The van der Waals surface area contributed by atoms with Crippen molar-refractivity contribution in [3.05, 3.63) is 40.5 Å². The van der Waals surface area contributed by atoms with Crippen LogP contribution in [0, 0.1) is 10.1 Å². The standard InChI is InChI=1S/C11H13N5O3/c1-2-19-10-5-8(3-4-9(10)16(17)18)12-6-11-13-7-14-15-11/h3-5,7,12H,2,6H2,1H3,(H,13,14,15). The summed E-state index contributed by atoms with van der Waals surface area (Å²) in [6.45, 7) is 2.59. The lowest BCUT2D eigenvalue weighted by molar-refractivity contribution is -0.385.